The molecule has 0 atom stereocenters. The van der Waals surface area contributed by atoms with Crippen molar-refractivity contribution in [1.82, 2.24) is 19.7 Å². The Morgan fingerprint density at radius 1 is 1.17 bits per heavy atom. The van der Waals surface area contributed by atoms with Crippen LogP contribution in [-0.2, 0) is 18.3 Å². The number of hydrogen-bond donors (Lipinski definition) is 2. The van der Waals surface area contributed by atoms with Crippen molar-refractivity contribution in [3.8, 4) is 28.3 Å². The second-order valence-corrected chi connectivity index (χ2v) is 7.65. The van der Waals surface area contributed by atoms with Gasteiger partial charge in [-0.3, -0.25) is 9.58 Å². The molecular weight excluding hydrogens is 366 g/mol. The van der Waals surface area contributed by atoms with Gasteiger partial charge in [0.1, 0.15) is 11.6 Å². The van der Waals surface area contributed by atoms with E-state index in [1.807, 2.05) is 30.1 Å². The van der Waals surface area contributed by atoms with Gasteiger partial charge in [-0.1, -0.05) is 0 Å². The summed E-state index contributed by atoms with van der Waals surface area (Å²) < 4.78 is 13.3. The molecule has 2 aliphatic heterocycles. The summed E-state index contributed by atoms with van der Waals surface area (Å²) in [7, 11) is 1.99. The average molecular weight is 393 g/mol. The van der Waals surface area contributed by atoms with E-state index < -0.39 is 0 Å². The molecular formula is C22H27N5O2. The van der Waals surface area contributed by atoms with E-state index in [1.165, 1.54) is 16.8 Å². The van der Waals surface area contributed by atoms with Gasteiger partial charge in [0, 0.05) is 50.0 Å². The van der Waals surface area contributed by atoms with Crippen molar-refractivity contribution in [2.45, 2.75) is 13.0 Å². The van der Waals surface area contributed by atoms with Gasteiger partial charge in [-0.15, -0.1) is 0 Å². The lowest BCUT2D eigenvalue weighted by atomic mass is 10.1. The van der Waals surface area contributed by atoms with Gasteiger partial charge >= 0.3 is 0 Å². The number of aromatic amines is 1. The molecule has 0 unspecified atom stereocenters. The minimum absolute atomic E-state index is 0.737. The standard InChI is InChI=1S/C22H27N5O2/c1-26-21-17(15-24-26)14-23-22-19(21)13-20(25-22)16-3-5-18(6-4-16)29-10-2-7-27-8-11-28-12-9-27/h3-6,13,15,23,25H,2,7-12,14H2,1H3. The summed E-state index contributed by atoms with van der Waals surface area (Å²) in [5, 5.41) is 7.84. The fourth-order valence-corrected chi connectivity index (χ4v) is 4.11. The van der Waals surface area contributed by atoms with Gasteiger partial charge in [-0.2, -0.15) is 5.10 Å². The first-order valence-electron chi connectivity index (χ1n) is 10.3. The Hall–Kier alpha value is -2.77. The number of nitrogens with zero attached hydrogens (tertiary/aromatic N) is 3. The maximum atomic E-state index is 5.93. The monoisotopic (exact) mass is 393 g/mol. The van der Waals surface area contributed by atoms with E-state index in [2.05, 4.69) is 38.5 Å². The van der Waals surface area contributed by atoms with E-state index in [9.17, 15) is 0 Å². The summed E-state index contributed by atoms with van der Waals surface area (Å²) in [6, 6.07) is 10.5. The summed E-state index contributed by atoms with van der Waals surface area (Å²) in [6.07, 6.45) is 2.97. The number of anilines is 1. The predicted molar refractivity (Wildman–Crippen MR) is 113 cm³/mol. The van der Waals surface area contributed by atoms with Crippen LogP contribution >= 0.6 is 0 Å². The van der Waals surface area contributed by atoms with E-state index in [0.717, 1.165) is 75.2 Å². The van der Waals surface area contributed by atoms with Gasteiger partial charge < -0.3 is 19.8 Å². The third-order valence-electron chi connectivity index (χ3n) is 5.70. The Morgan fingerprint density at radius 2 is 2.00 bits per heavy atom. The smallest absolute Gasteiger partial charge is 0.119 e. The molecule has 152 valence electrons. The van der Waals surface area contributed by atoms with Crippen LogP contribution < -0.4 is 10.1 Å². The second kappa shape index (κ2) is 7.93. The van der Waals surface area contributed by atoms with Crippen LogP contribution in [0.25, 0.3) is 22.5 Å². The van der Waals surface area contributed by atoms with Crippen LogP contribution in [0.15, 0.2) is 36.5 Å². The number of rotatable bonds is 6. The van der Waals surface area contributed by atoms with Gasteiger partial charge in [-0.25, -0.2) is 0 Å². The molecule has 0 bridgehead atoms. The van der Waals surface area contributed by atoms with Gasteiger partial charge in [0.05, 0.1) is 31.7 Å². The highest BCUT2D eigenvalue weighted by Crippen LogP contribution is 2.38. The first kappa shape index (κ1) is 18.3. The SMILES string of the molecule is Cn1ncc2c1-c1cc(-c3ccc(OCCCN4CCOCC4)cc3)[nH]c1NC2. The van der Waals surface area contributed by atoms with Crippen LogP contribution in [0, 0.1) is 0 Å². The highest BCUT2D eigenvalue weighted by Gasteiger charge is 2.22. The summed E-state index contributed by atoms with van der Waals surface area (Å²) in [5.74, 6) is 1.97. The number of nitrogens with one attached hydrogen (secondary N) is 2. The number of benzene rings is 1. The molecule has 0 saturated carbocycles. The second-order valence-electron chi connectivity index (χ2n) is 7.65. The summed E-state index contributed by atoms with van der Waals surface area (Å²) in [6.45, 7) is 6.37. The molecule has 7 heteroatoms. The molecule has 4 heterocycles. The normalized spacial score (nSPS) is 16.2. The van der Waals surface area contributed by atoms with E-state index in [0.29, 0.717) is 0 Å². The van der Waals surface area contributed by atoms with Crippen LogP contribution in [0.1, 0.15) is 12.0 Å². The predicted octanol–water partition coefficient (Wildman–Crippen LogP) is 3.11. The molecule has 3 aromatic rings. The number of aromatic nitrogens is 3. The van der Waals surface area contributed by atoms with Crippen LogP contribution in [0.3, 0.4) is 0 Å². The lowest BCUT2D eigenvalue weighted by Gasteiger charge is -2.26. The molecule has 1 aromatic carbocycles. The summed E-state index contributed by atoms with van der Waals surface area (Å²) in [5.41, 5.74) is 5.82. The number of H-pyrrole nitrogens is 1. The van der Waals surface area contributed by atoms with Crippen molar-refractivity contribution in [3.63, 3.8) is 0 Å². The number of morpholine rings is 1. The molecule has 0 amide bonds. The summed E-state index contributed by atoms with van der Waals surface area (Å²) >= 11 is 0. The maximum Gasteiger partial charge on any atom is 0.119 e. The van der Waals surface area contributed by atoms with E-state index >= 15 is 0 Å². The quantitative estimate of drug-likeness (QED) is 0.630. The largest absolute Gasteiger partial charge is 0.494 e. The zero-order valence-corrected chi connectivity index (χ0v) is 16.8. The van der Waals surface area contributed by atoms with E-state index in [4.69, 9.17) is 9.47 Å². The maximum absolute atomic E-state index is 5.93. The van der Waals surface area contributed by atoms with Crippen LogP contribution in [0.4, 0.5) is 5.82 Å². The fraction of sp³-hybridized carbons (Fsp3) is 0.409. The Bertz CT molecular complexity index is 970. The first-order chi connectivity index (χ1) is 14.3. The third kappa shape index (κ3) is 3.75. The fourth-order valence-electron chi connectivity index (χ4n) is 4.11. The molecule has 2 N–H and O–H groups in total. The van der Waals surface area contributed by atoms with Crippen molar-refractivity contribution in [2.75, 3.05) is 44.8 Å². The molecule has 29 heavy (non-hydrogen) atoms. The van der Waals surface area contributed by atoms with Crippen molar-refractivity contribution in [2.24, 2.45) is 7.05 Å². The highest BCUT2D eigenvalue weighted by molar-refractivity contribution is 5.84. The van der Waals surface area contributed by atoms with Crippen molar-refractivity contribution < 1.29 is 9.47 Å². The third-order valence-corrected chi connectivity index (χ3v) is 5.70. The van der Waals surface area contributed by atoms with Crippen LogP contribution in [-0.4, -0.2) is 59.1 Å². The minimum atomic E-state index is 0.737. The lowest BCUT2D eigenvalue weighted by Crippen LogP contribution is -2.37. The van der Waals surface area contributed by atoms with Gasteiger partial charge in [0.15, 0.2) is 0 Å². The molecule has 1 saturated heterocycles. The van der Waals surface area contributed by atoms with Crippen LogP contribution in [0.5, 0.6) is 5.75 Å². The van der Waals surface area contributed by atoms with Crippen molar-refractivity contribution in [3.05, 3.63) is 42.1 Å². The topological polar surface area (TPSA) is 67.3 Å². The van der Waals surface area contributed by atoms with Gasteiger partial charge in [0.2, 0.25) is 0 Å². The Balaban J connectivity index is 1.21. The summed E-state index contributed by atoms with van der Waals surface area (Å²) in [4.78, 5) is 5.94. The molecule has 2 aromatic heterocycles. The number of hydrogen-bond acceptors (Lipinski definition) is 5. The van der Waals surface area contributed by atoms with Crippen LogP contribution in [0.2, 0.25) is 0 Å². The first-order valence-corrected chi connectivity index (χ1v) is 10.3. The molecule has 7 nitrogen and oxygen atoms in total. The molecule has 5 rings (SSSR count). The minimum Gasteiger partial charge on any atom is -0.494 e. The van der Waals surface area contributed by atoms with E-state index in [1.54, 1.807) is 0 Å². The molecule has 2 aliphatic rings. The Kier molecular flexibility index (Phi) is 4.99. The Labute approximate surface area is 170 Å². The molecule has 0 spiro atoms. The molecule has 1 fully saturated rings. The number of ether oxygens (including phenoxy) is 2. The number of aryl methyl sites for hydroxylation is 1. The highest BCUT2D eigenvalue weighted by atomic mass is 16.5. The van der Waals surface area contributed by atoms with E-state index in [-0.39, 0.29) is 0 Å². The average Bonchev–Trinajstić information content (AvgIpc) is 3.36. The molecule has 0 aliphatic carbocycles. The zero-order chi connectivity index (χ0) is 19.6. The zero-order valence-electron chi connectivity index (χ0n) is 16.8. The van der Waals surface area contributed by atoms with Gasteiger partial charge in [0.25, 0.3) is 0 Å². The van der Waals surface area contributed by atoms with Crippen molar-refractivity contribution in [1.29, 1.82) is 0 Å². The van der Waals surface area contributed by atoms with Crippen molar-refractivity contribution >= 4 is 5.82 Å². The Morgan fingerprint density at radius 3 is 2.83 bits per heavy atom. The number of fused-ring (bicyclic) bond motifs is 3. The molecule has 0 radical (unpaired) electrons. The van der Waals surface area contributed by atoms with Gasteiger partial charge in [-0.05, 0) is 42.3 Å². The lowest BCUT2D eigenvalue weighted by molar-refractivity contribution is 0.0358.